The van der Waals surface area contributed by atoms with Crippen LogP contribution in [0.3, 0.4) is 0 Å². The van der Waals surface area contributed by atoms with E-state index in [1.165, 1.54) is 41.7 Å². The summed E-state index contributed by atoms with van der Waals surface area (Å²) in [7, 11) is -3.79. The number of aryl methyl sites for hydroxylation is 1. The Morgan fingerprint density at radius 2 is 1.83 bits per heavy atom. The molecule has 0 aliphatic rings. The minimum atomic E-state index is -3.79. The van der Waals surface area contributed by atoms with Crippen LogP contribution >= 0.6 is 11.3 Å². The summed E-state index contributed by atoms with van der Waals surface area (Å²) in [6, 6.07) is 11.9. The first kappa shape index (κ1) is 19.7. The molecule has 0 fully saturated rings. The molecule has 154 valence electrons. The maximum atomic E-state index is 12.4. The summed E-state index contributed by atoms with van der Waals surface area (Å²) in [6.07, 6.45) is 0. The van der Waals surface area contributed by atoms with Crippen molar-refractivity contribution in [3.63, 3.8) is 0 Å². The van der Waals surface area contributed by atoms with E-state index in [0.717, 1.165) is 0 Å². The summed E-state index contributed by atoms with van der Waals surface area (Å²) < 4.78 is 32.1. The summed E-state index contributed by atoms with van der Waals surface area (Å²) in [4.78, 5) is 4.48. The first-order chi connectivity index (χ1) is 14.3. The quantitative estimate of drug-likeness (QED) is 0.349. The van der Waals surface area contributed by atoms with Gasteiger partial charge in [0.25, 0.3) is 10.0 Å². The summed E-state index contributed by atoms with van der Waals surface area (Å²) >= 11 is 1.32. The Bertz CT molecular complexity index is 1300. The fourth-order valence-corrected chi connectivity index (χ4v) is 4.36. The van der Waals surface area contributed by atoms with Crippen LogP contribution in [0.15, 0.2) is 63.3 Å². The molecular formula is C19H16N4O5S2. The van der Waals surface area contributed by atoms with Gasteiger partial charge >= 0.3 is 0 Å². The summed E-state index contributed by atoms with van der Waals surface area (Å²) in [5.74, 6) is 0.502. The molecule has 30 heavy (non-hydrogen) atoms. The summed E-state index contributed by atoms with van der Waals surface area (Å²) in [5.41, 5.74) is 1.68. The third kappa shape index (κ3) is 4.21. The maximum Gasteiger partial charge on any atom is 0.263 e. The number of hydrogen-bond donors (Lipinski definition) is 4. The zero-order chi connectivity index (χ0) is 21.3. The van der Waals surface area contributed by atoms with Gasteiger partial charge in [-0.3, -0.25) is 4.72 Å². The fourth-order valence-electron chi connectivity index (χ4n) is 2.64. The topological polar surface area (TPSA) is 138 Å². The van der Waals surface area contributed by atoms with E-state index in [1.807, 2.05) is 0 Å². The van der Waals surface area contributed by atoms with Gasteiger partial charge in [0, 0.05) is 28.8 Å². The van der Waals surface area contributed by atoms with Crippen LogP contribution in [0.25, 0.3) is 11.3 Å². The Morgan fingerprint density at radius 3 is 2.50 bits per heavy atom. The van der Waals surface area contributed by atoms with Crippen molar-refractivity contribution < 1.29 is 23.2 Å². The average molecular weight is 444 g/mol. The lowest BCUT2D eigenvalue weighted by Gasteiger charge is -2.07. The van der Waals surface area contributed by atoms with Gasteiger partial charge in [0.05, 0.1) is 10.6 Å². The summed E-state index contributed by atoms with van der Waals surface area (Å²) in [6.45, 7) is 1.66. The SMILES string of the molecule is Cc1cc(NS(=O)(=O)c2ccc(Nc3nc(-c4ccc(O)cc4O)cs3)cc2)no1. The number of thiazole rings is 1. The van der Waals surface area contributed by atoms with Crippen LogP contribution in [0.2, 0.25) is 0 Å². The molecule has 4 aromatic rings. The smallest absolute Gasteiger partial charge is 0.263 e. The molecule has 11 heteroatoms. The minimum Gasteiger partial charge on any atom is -0.508 e. The highest BCUT2D eigenvalue weighted by Crippen LogP contribution is 2.34. The number of aromatic hydroxyl groups is 2. The number of hydrogen-bond acceptors (Lipinski definition) is 9. The van der Waals surface area contributed by atoms with E-state index in [-0.39, 0.29) is 22.2 Å². The molecule has 0 amide bonds. The van der Waals surface area contributed by atoms with Gasteiger partial charge in [0.2, 0.25) is 0 Å². The first-order valence-corrected chi connectivity index (χ1v) is 11.0. The van der Waals surface area contributed by atoms with E-state index >= 15 is 0 Å². The standard InChI is InChI=1S/C19H16N4O5S2/c1-11-8-18(22-28-11)23-30(26,27)14-5-2-12(3-6-14)20-19-21-16(10-29-19)15-7-4-13(24)9-17(15)25/h2-10,24-25H,1H3,(H,20,21)(H,22,23). The third-order valence-electron chi connectivity index (χ3n) is 4.04. The largest absolute Gasteiger partial charge is 0.508 e. The predicted molar refractivity (Wildman–Crippen MR) is 113 cm³/mol. The second-order valence-electron chi connectivity index (χ2n) is 6.32. The van der Waals surface area contributed by atoms with E-state index in [0.29, 0.717) is 27.8 Å². The molecule has 0 aliphatic carbocycles. The number of nitrogens with zero attached hydrogens (tertiary/aromatic N) is 2. The zero-order valence-corrected chi connectivity index (χ0v) is 17.2. The monoisotopic (exact) mass is 444 g/mol. The second-order valence-corrected chi connectivity index (χ2v) is 8.86. The Kier molecular flexibility index (Phi) is 5.06. The van der Waals surface area contributed by atoms with Gasteiger partial charge in [-0.25, -0.2) is 13.4 Å². The molecule has 0 aliphatic heterocycles. The number of phenols is 2. The Morgan fingerprint density at radius 1 is 1.07 bits per heavy atom. The average Bonchev–Trinajstić information content (AvgIpc) is 3.31. The number of anilines is 3. The highest BCUT2D eigenvalue weighted by atomic mass is 32.2. The molecule has 0 saturated carbocycles. The van der Waals surface area contributed by atoms with Gasteiger partial charge in [-0.1, -0.05) is 5.16 Å². The molecule has 4 N–H and O–H groups in total. The maximum absolute atomic E-state index is 12.4. The van der Waals surface area contributed by atoms with Crippen LogP contribution in [-0.2, 0) is 10.0 Å². The normalized spacial score (nSPS) is 11.4. The van der Waals surface area contributed by atoms with Crippen molar-refractivity contribution in [1.29, 1.82) is 0 Å². The number of benzene rings is 2. The van der Waals surface area contributed by atoms with Crippen LogP contribution in [0.5, 0.6) is 11.5 Å². The number of nitrogens with one attached hydrogen (secondary N) is 2. The van der Waals surface area contributed by atoms with Gasteiger partial charge in [-0.2, -0.15) is 0 Å². The van der Waals surface area contributed by atoms with Crippen molar-refractivity contribution >= 4 is 38.0 Å². The van der Waals surface area contributed by atoms with E-state index in [1.54, 1.807) is 30.5 Å². The van der Waals surface area contributed by atoms with Gasteiger partial charge in [0.1, 0.15) is 17.3 Å². The Balaban J connectivity index is 1.48. The first-order valence-electron chi connectivity index (χ1n) is 8.61. The molecule has 4 rings (SSSR count). The fraction of sp³-hybridized carbons (Fsp3) is 0.0526. The van der Waals surface area contributed by atoms with Gasteiger partial charge < -0.3 is 20.1 Å². The van der Waals surface area contributed by atoms with Crippen molar-refractivity contribution in [1.82, 2.24) is 10.1 Å². The molecule has 0 bridgehead atoms. The molecule has 9 nitrogen and oxygen atoms in total. The zero-order valence-electron chi connectivity index (χ0n) is 15.5. The molecule has 2 heterocycles. The third-order valence-corrected chi connectivity index (χ3v) is 6.17. The molecular weight excluding hydrogens is 428 g/mol. The Labute approximate surface area is 175 Å². The number of sulfonamides is 1. The van der Waals surface area contributed by atoms with E-state index < -0.39 is 10.0 Å². The van der Waals surface area contributed by atoms with E-state index in [2.05, 4.69) is 20.2 Å². The van der Waals surface area contributed by atoms with E-state index in [4.69, 9.17) is 4.52 Å². The molecule has 2 aromatic carbocycles. The second kappa shape index (κ2) is 7.69. The molecule has 0 unspecified atom stereocenters. The summed E-state index contributed by atoms with van der Waals surface area (Å²) in [5, 5.41) is 28.4. The molecule has 0 spiro atoms. The lowest BCUT2D eigenvalue weighted by atomic mass is 10.1. The van der Waals surface area contributed by atoms with Crippen molar-refractivity contribution in [2.75, 3.05) is 10.0 Å². The lowest BCUT2D eigenvalue weighted by molar-refractivity contribution is 0.400. The molecule has 0 atom stereocenters. The van der Waals surface area contributed by atoms with Crippen LogP contribution in [-0.4, -0.2) is 28.8 Å². The van der Waals surface area contributed by atoms with Gasteiger partial charge in [0.15, 0.2) is 10.9 Å². The number of aromatic nitrogens is 2. The lowest BCUT2D eigenvalue weighted by Crippen LogP contribution is -2.13. The number of rotatable bonds is 6. The van der Waals surface area contributed by atoms with Crippen molar-refractivity contribution in [3.05, 3.63) is 59.7 Å². The van der Waals surface area contributed by atoms with Crippen LogP contribution in [0.4, 0.5) is 16.6 Å². The highest BCUT2D eigenvalue weighted by Gasteiger charge is 2.16. The predicted octanol–water partition coefficient (Wildman–Crippen LogP) is 4.06. The molecule has 0 saturated heterocycles. The van der Waals surface area contributed by atoms with Crippen molar-refractivity contribution in [3.8, 4) is 22.8 Å². The van der Waals surface area contributed by atoms with Gasteiger partial charge in [-0.15, -0.1) is 11.3 Å². The van der Waals surface area contributed by atoms with E-state index in [9.17, 15) is 18.6 Å². The molecule has 2 aromatic heterocycles. The highest BCUT2D eigenvalue weighted by molar-refractivity contribution is 7.92. The number of phenolic OH excluding ortho intramolecular Hbond substituents is 2. The van der Waals surface area contributed by atoms with Gasteiger partial charge in [-0.05, 0) is 43.3 Å². The van der Waals surface area contributed by atoms with Crippen LogP contribution in [0, 0.1) is 6.92 Å². The van der Waals surface area contributed by atoms with Crippen LogP contribution in [0.1, 0.15) is 5.76 Å². The van der Waals surface area contributed by atoms with Crippen LogP contribution < -0.4 is 10.0 Å². The van der Waals surface area contributed by atoms with Crippen molar-refractivity contribution in [2.24, 2.45) is 0 Å². The Hall–Kier alpha value is -3.57. The van der Waals surface area contributed by atoms with Crippen molar-refractivity contribution in [2.45, 2.75) is 11.8 Å². The molecule has 0 radical (unpaired) electrons. The minimum absolute atomic E-state index is 0.0342.